The lowest BCUT2D eigenvalue weighted by atomic mass is 9.91. The fourth-order valence-corrected chi connectivity index (χ4v) is 3.02. The van der Waals surface area contributed by atoms with Gasteiger partial charge in [0.05, 0.1) is 24.0 Å². The summed E-state index contributed by atoms with van der Waals surface area (Å²) < 4.78 is 39.9. The van der Waals surface area contributed by atoms with Crippen molar-refractivity contribution < 1.29 is 23.0 Å². The minimum absolute atomic E-state index is 0.0654. The smallest absolute Gasteiger partial charge is 0.410 e. The number of aromatic nitrogens is 2. The number of hydrogen-bond donors (Lipinski definition) is 0. The first kappa shape index (κ1) is 21.0. The van der Waals surface area contributed by atoms with Crippen LogP contribution in [0.25, 0.3) is 0 Å². The minimum Gasteiger partial charge on any atom is -0.472 e. The van der Waals surface area contributed by atoms with Crippen LogP contribution >= 0.6 is 0 Å². The molecule has 1 amide bonds. The van der Waals surface area contributed by atoms with Crippen LogP contribution in [0.4, 0.5) is 13.6 Å². The maximum absolute atomic E-state index is 14.5. The Hall–Kier alpha value is -2.77. The molecule has 1 unspecified atom stereocenters. The molecule has 2 heterocycles. The fraction of sp³-hybridized carbons (Fsp3) is 0.476. The van der Waals surface area contributed by atoms with Crippen molar-refractivity contribution >= 4 is 6.09 Å². The summed E-state index contributed by atoms with van der Waals surface area (Å²) in [6.45, 7) is 5.27. The molecule has 0 saturated carbocycles. The van der Waals surface area contributed by atoms with Crippen LogP contribution in [0.1, 0.15) is 44.4 Å². The maximum Gasteiger partial charge on any atom is 0.410 e. The predicted molar refractivity (Wildman–Crippen MR) is 103 cm³/mol. The van der Waals surface area contributed by atoms with E-state index in [0.29, 0.717) is 6.61 Å². The van der Waals surface area contributed by atoms with Crippen molar-refractivity contribution in [2.24, 2.45) is 0 Å². The van der Waals surface area contributed by atoms with Gasteiger partial charge in [-0.1, -0.05) is 30.3 Å². The van der Waals surface area contributed by atoms with Crippen LogP contribution in [0, 0.1) is 0 Å². The number of alkyl halides is 2. The van der Waals surface area contributed by atoms with E-state index < -0.39 is 30.0 Å². The molecule has 0 aliphatic carbocycles. The van der Waals surface area contributed by atoms with Crippen molar-refractivity contribution in [3.05, 3.63) is 54.0 Å². The molecular weight excluding hydrogens is 380 g/mol. The topological polar surface area (TPSA) is 64.5 Å². The molecule has 0 spiro atoms. The van der Waals surface area contributed by atoms with Crippen LogP contribution in [0.2, 0.25) is 0 Å². The Morgan fingerprint density at radius 3 is 2.55 bits per heavy atom. The molecular formula is C21H25F2N3O3. The van der Waals surface area contributed by atoms with Gasteiger partial charge in [0.1, 0.15) is 12.2 Å². The van der Waals surface area contributed by atoms with Crippen LogP contribution in [0.15, 0.2) is 42.7 Å². The second kappa shape index (κ2) is 8.31. The molecule has 29 heavy (non-hydrogen) atoms. The van der Waals surface area contributed by atoms with Gasteiger partial charge in [0.2, 0.25) is 5.88 Å². The molecule has 1 aromatic carbocycles. The maximum atomic E-state index is 14.5. The van der Waals surface area contributed by atoms with Gasteiger partial charge in [0, 0.05) is 19.5 Å². The third-order valence-electron chi connectivity index (χ3n) is 4.51. The summed E-state index contributed by atoms with van der Waals surface area (Å²) in [5, 5.41) is 0. The fourth-order valence-electron chi connectivity index (χ4n) is 3.02. The van der Waals surface area contributed by atoms with Gasteiger partial charge in [0.15, 0.2) is 0 Å². The van der Waals surface area contributed by atoms with Crippen LogP contribution in [0.3, 0.4) is 0 Å². The second-order valence-corrected chi connectivity index (χ2v) is 8.04. The largest absolute Gasteiger partial charge is 0.472 e. The van der Waals surface area contributed by atoms with Crippen molar-refractivity contribution in [2.45, 2.75) is 51.2 Å². The molecule has 1 aliphatic rings. The lowest BCUT2D eigenvalue weighted by Gasteiger charge is -2.38. The molecule has 8 heteroatoms. The number of ether oxygens (including phenoxy) is 2. The highest BCUT2D eigenvalue weighted by Crippen LogP contribution is 2.39. The zero-order chi connectivity index (χ0) is 21.1. The summed E-state index contributed by atoms with van der Waals surface area (Å²) in [7, 11) is 0. The summed E-state index contributed by atoms with van der Waals surface area (Å²) in [4.78, 5) is 21.8. The molecule has 6 nitrogen and oxygen atoms in total. The van der Waals surface area contributed by atoms with Crippen LogP contribution in [0.5, 0.6) is 5.88 Å². The summed E-state index contributed by atoms with van der Waals surface area (Å²) in [6.07, 6.45) is 1.57. The highest BCUT2D eigenvalue weighted by Gasteiger charge is 2.47. The lowest BCUT2D eigenvalue weighted by molar-refractivity contribution is -0.0782. The normalized spacial score (nSPS) is 18.9. The average Bonchev–Trinajstić information content (AvgIpc) is 2.66. The van der Waals surface area contributed by atoms with Crippen LogP contribution < -0.4 is 4.74 Å². The Labute approximate surface area is 168 Å². The van der Waals surface area contributed by atoms with E-state index in [2.05, 4.69) is 9.97 Å². The first-order chi connectivity index (χ1) is 13.6. The third kappa shape index (κ3) is 5.62. The van der Waals surface area contributed by atoms with Gasteiger partial charge in [-0.3, -0.25) is 4.98 Å². The van der Waals surface area contributed by atoms with E-state index in [1.165, 1.54) is 17.3 Å². The van der Waals surface area contributed by atoms with Crippen LogP contribution in [-0.2, 0) is 11.3 Å². The summed E-state index contributed by atoms with van der Waals surface area (Å²) in [6, 6.07) is 9.53. The first-order valence-corrected chi connectivity index (χ1v) is 9.48. The Morgan fingerprint density at radius 2 is 1.93 bits per heavy atom. The highest BCUT2D eigenvalue weighted by atomic mass is 19.3. The zero-order valence-electron chi connectivity index (χ0n) is 16.8. The number of piperidine rings is 1. The van der Waals surface area contributed by atoms with Crippen molar-refractivity contribution in [3.63, 3.8) is 0 Å². The number of carbonyl (C=O) groups excluding carboxylic acids is 1. The van der Waals surface area contributed by atoms with E-state index in [1.54, 1.807) is 20.8 Å². The first-order valence-electron chi connectivity index (χ1n) is 9.48. The molecule has 0 bridgehead atoms. The molecule has 1 saturated heterocycles. The van der Waals surface area contributed by atoms with Gasteiger partial charge >= 0.3 is 6.09 Å². The Morgan fingerprint density at radius 1 is 1.21 bits per heavy atom. The molecule has 0 radical (unpaired) electrons. The van der Waals surface area contributed by atoms with E-state index in [4.69, 9.17) is 9.47 Å². The number of halogens is 2. The van der Waals surface area contributed by atoms with E-state index in [9.17, 15) is 13.6 Å². The van der Waals surface area contributed by atoms with Gasteiger partial charge in [0.25, 0.3) is 5.92 Å². The molecule has 3 rings (SSSR count). The molecule has 2 aromatic rings. The molecule has 1 aromatic heterocycles. The molecule has 1 aliphatic heterocycles. The molecule has 0 N–H and O–H groups in total. The molecule has 1 atom stereocenters. The van der Waals surface area contributed by atoms with Gasteiger partial charge < -0.3 is 14.4 Å². The number of benzene rings is 1. The van der Waals surface area contributed by atoms with Gasteiger partial charge in [-0.15, -0.1) is 0 Å². The summed E-state index contributed by atoms with van der Waals surface area (Å²) >= 11 is 0. The van der Waals surface area contributed by atoms with E-state index in [0.717, 1.165) is 5.56 Å². The minimum atomic E-state index is -2.99. The quantitative estimate of drug-likeness (QED) is 0.754. The summed E-state index contributed by atoms with van der Waals surface area (Å²) in [5.74, 6) is -3.99. The molecule has 156 valence electrons. The van der Waals surface area contributed by atoms with Crippen LogP contribution in [-0.4, -0.2) is 45.6 Å². The van der Waals surface area contributed by atoms with Gasteiger partial charge in [-0.25, -0.2) is 18.6 Å². The number of likely N-dealkylation sites (tertiary alicyclic amines) is 1. The Balaban J connectivity index is 1.67. The van der Waals surface area contributed by atoms with E-state index in [1.807, 2.05) is 30.3 Å². The number of amides is 1. The SMILES string of the molecule is CC(C)(C)OC(=O)N1CCC(F)(F)C(c2cnc(OCc3ccccc3)cn2)C1. The highest BCUT2D eigenvalue weighted by molar-refractivity contribution is 5.68. The number of hydrogen-bond acceptors (Lipinski definition) is 5. The van der Waals surface area contributed by atoms with E-state index >= 15 is 0 Å². The number of nitrogens with zero attached hydrogens (tertiary/aromatic N) is 3. The lowest BCUT2D eigenvalue weighted by Crippen LogP contribution is -2.49. The third-order valence-corrected chi connectivity index (χ3v) is 4.51. The monoisotopic (exact) mass is 405 g/mol. The predicted octanol–water partition coefficient (Wildman–Crippen LogP) is 4.42. The molecule has 1 fully saturated rings. The number of rotatable bonds is 4. The number of carbonyl (C=O) groups is 1. The van der Waals surface area contributed by atoms with Crippen molar-refractivity contribution in [1.82, 2.24) is 14.9 Å². The van der Waals surface area contributed by atoms with Gasteiger partial charge in [-0.2, -0.15) is 0 Å². The van der Waals surface area contributed by atoms with Crippen molar-refractivity contribution in [1.29, 1.82) is 0 Å². The average molecular weight is 405 g/mol. The Kier molecular flexibility index (Phi) is 6.00. The van der Waals surface area contributed by atoms with Crippen molar-refractivity contribution in [3.8, 4) is 5.88 Å². The Bertz CT molecular complexity index is 823. The summed E-state index contributed by atoms with van der Waals surface area (Å²) in [5.41, 5.74) is 0.393. The van der Waals surface area contributed by atoms with E-state index in [-0.39, 0.29) is 24.7 Å². The second-order valence-electron chi connectivity index (χ2n) is 8.04. The zero-order valence-corrected chi connectivity index (χ0v) is 16.8. The standard InChI is InChI=1S/C21H25F2N3O3/c1-20(2,3)29-19(27)26-10-9-21(22,23)16(13-26)17-11-25-18(12-24-17)28-14-15-7-5-4-6-8-15/h4-8,11-12,16H,9-10,13-14H2,1-3H3. The van der Waals surface area contributed by atoms with Gasteiger partial charge in [-0.05, 0) is 26.3 Å². The van der Waals surface area contributed by atoms with Crippen molar-refractivity contribution in [2.75, 3.05) is 13.1 Å².